The van der Waals surface area contributed by atoms with E-state index in [4.69, 9.17) is 9.47 Å². The first-order chi connectivity index (χ1) is 14.3. The van der Waals surface area contributed by atoms with Crippen LogP contribution in [0.2, 0.25) is 0 Å². The Morgan fingerprint density at radius 3 is 2.42 bits per heavy atom. The van der Waals surface area contributed by atoms with Gasteiger partial charge in [0, 0.05) is 30.1 Å². The van der Waals surface area contributed by atoms with Gasteiger partial charge >= 0.3 is 11.9 Å². The zero-order valence-corrected chi connectivity index (χ0v) is 18.4. The molecule has 1 aromatic rings. The van der Waals surface area contributed by atoms with Crippen LogP contribution in [0.5, 0.6) is 0 Å². The lowest BCUT2D eigenvalue weighted by molar-refractivity contribution is -0.384. The molecular weight excluding hydrogens is 426 g/mol. The maximum Gasteiger partial charge on any atom is 0.337 e. The van der Waals surface area contributed by atoms with Crippen molar-refractivity contribution < 1.29 is 24.0 Å². The number of hydrogen-bond acceptors (Lipinski definition) is 8. The summed E-state index contributed by atoms with van der Waals surface area (Å²) in [5, 5.41) is 17.5. The second kappa shape index (κ2) is 10.4. The number of benzene rings is 1. The molecule has 2 N–H and O–H groups in total. The highest BCUT2D eigenvalue weighted by molar-refractivity contribution is 6.00. The van der Waals surface area contributed by atoms with Gasteiger partial charge in [-0.05, 0) is 38.8 Å². The summed E-state index contributed by atoms with van der Waals surface area (Å²) in [6.45, 7) is 4.86. The van der Waals surface area contributed by atoms with Crippen LogP contribution in [-0.2, 0) is 19.1 Å². The van der Waals surface area contributed by atoms with Gasteiger partial charge in [-0.15, -0.1) is 12.4 Å². The van der Waals surface area contributed by atoms with Crippen LogP contribution in [0.15, 0.2) is 46.8 Å². The number of nitrogens with zero attached hydrogens (tertiary/aromatic N) is 1. The van der Waals surface area contributed by atoms with Crippen molar-refractivity contribution in [3.63, 3.8) is 0 Å². The number of dihydropyridines is 1. The average Bonchev–Trinajstić information content (AvgIpc) is 2.73. The van der Waals surface area contributed by atoms with Gasteiger partial charge in [-0.1, -0.05) is 12.1 Å². The first-order valence-electron chi connectivity index (χ1n) is 9.76. The molecule has 2 atom stereocenters. The highest BCUT2D eigenvalue weighted by Gasteiger charge is 2.39. The standard InChI is InChI=1S/C21H25N3O6.ClH/c1-12-17(20(25)29-3)19(14-6-4-7-15(10-14)24(27)28)18(13(2)23-12)21(26)30-16-8-5-9-22-11-16;/h4,6-7,10,16,19,22-23H,5,8-9,11H2,1-3H3;1H. The van der Waals surface area contributed by atoms with Crippen LogP contribution in [-0.4, -0.2) is 43.2 Å². The number of piperidine rings is 1. The molecule has 1 aromatic carbocycles. The summed E-state index contributed by atoms with van der Waals surface area (Å²) in [4.78, 5) is 36.6. The fourth-order valence-electron chi connectivity index (χ4n) is 3.93. The largest absolute Gasteiger partial charge is 0.466 e. The van der Waals surface area contributed by atoms with Gasteiger partial charge in [0.25, 0.3) is 5.69 Å². The molecule has 2 unspecified atom stereocenters. The fourth-order valence-corrected chi connectivity index (χ4v) is 3.93. The average molecular weight is 452 g/mol. The first kappa shape index (κ1) is 24.4. The summed E-state index contributed by atoms with van der Waals surface area (Å²) in [7, 11) is 1.25. The number of methoxy groups -OCH3 is 1. The van der Waals surface area contributed by atoms with Crippen molar-refractivity contribution in [3.05, 3.63) is 62.5 Å². The van der Waals surface area contributed by atoms with Gasteiger partial charge in [0.1, 0.15) is 6.10 Å². The van der Waals surface area contributed by atoms with Crippen molar-refractivity contribution in [2.24, 2.45) is 0 Å². The minimum absolute atomic E-state index is 0. The van der Waals surface area contributed by atoms with E-state index in [1.165, 1.54) is 25.3 Å². The topological polar surface area (TPSA) is 120 Å². The van der Waals surface area contributed by atoms with Crippen LogP contribution < -0.4 is 10.6 Å². The molecule has 2 aliphatic heterocycles. The molecule has 1 fully saturated rings. The number of rotatable bonds is 5. The lowest BCUT2D eigenvalue weighted by Crippen LogP contribution is -2.39. The third-order valence-electron chi connectivity index (χ3n) is 5.33. The number of hydrogen-bond donors (Lipinski definition) is 2. The van der Waals surface area contributed by atoms with Crippen LogP contribution in [0.4, 0.5) is 5.69 Å². The molecule has 0 bridgehead atoms. The molecular formula is C21H26ClN3O6. The zero-order valence-electron chi connectivity index (χ0n) is 17.6. The number of esters is 2. The number of non-ortho nitro benzene ring substituents is 1. The number of ether oxygens (including phenoxy) is 2. The summed E-state index contributed by atoms with van der Waals surface area (Å²) in [5.41, 5.74) is 1.83. The van der Waals surface area contributed by atoms with Gasteiger partial charge in [-0.2, -0.15) is 0 Å². The molecule has 1 saturated heterocycles. The predicted octanol–water partition coefficient (Wildman–Crippen LogP) is 2.72. The zero-order chi connectivity index (χ0) is 21.8. The number of allylic oxidation sites excluding steroid dienone is 2. The minimum atomic E-state index is -0.845. The van der Waals surface area contributed by atoms with Crippen molar-refractivity contribution in [2.45, 2.75) is 38.7 Å². The van der Waals surface area contributed by atoms with Crippen molar-refractivity contribution in [2.75, 3.05) is 20.2 Å². The summed E-state index contributed by atoms with van der Waals surface area (Å²) in [5.74, 6) is -2.02. The Hall–Kier alpha value is -2.91. The van der Waals surface area contributed by atoms with Crippen LogP contribution in [0.1, 0.15) is 38.2 Å². The molecule has 0 saturated carbocycles. The quantitative estimate of drug-likeness (QED) is 0.398. The number of nitro groups is 1. The fraction of sp³-hybridized carbons (Fsp3) is 0.429. The molecule has 31 heavy (non-hydrogen) atoms. The van der Waals surface area contributed by atoms with Crippen LogP contribution >= 0.6 is 12.4 Å². The Kier molecular flexibility index (Phi) is 8.18. The van der Waals surface area contributed by atoms with E-state index >= 15 is 0 Å². The molecule has 2 aliphatic rings. The Morgan fingerprint density at radius 2 is 1.84 bits per heavy atom. The molecule has 168 valence electrons. The van der Waals surface area contributed by atoms with Crippen molar-refractivity contribution in [1.29, 1.82) is 0 Å². The SMILES string of the molecule is COC(=O)C1=C(C)NC(C)=C(C(=O)OC2CCCNC2)C1c1cccc([N+](=O)[O-])c1.Cl. The number of nitrogens with one attached hydrogen (secondary N) is 2. The van der Waals surface area contributed by atoms with Crippen LogP contribution in [0, 0.1) is 10.1 Å². The van der Waals surface area contributed by atoms with Crippen molar-refractivity contribution in [1.82, 2.24) is 10.6 Å². The van der Waals surface area contributed by atoms with Crippen molar-refractivity contribution in [3.8, 4) is 0 Å². The molecule has 0 amide bonds. The lowest BCUT2D eigenvalue weighted by atomic mass is 9.80. The Bertz CT molecular complexity index is 937. The Balaban J connectivity index is 0.00000341. The van der Waals surface area contributed by atoms with Gasteiger partial charge in [0.15, 0.2) is 0 Å². The third kappa shape index (κ3) is 5.23. The molecule has 0 aromatic heterocycles. The number of nitro benzene ring substituents is 1. The van der Waals surface area contributed by atoms with E-state index in [1.54, 1.807) is 19.9 Å². The summed E-state index contributed by atoms with van der Waals surface area (Å²) >= 11 is 0. The van der Waals surface area contributed by atoms with E-state index in [2.05, 4.69) is 10.6 Å². The number of carbonyl (C=O) groups is 2. The van der Waals surface area contributed by atoms with Gasteiger partial charge in [0.2, 0.25) is 0 Å². The van der Waals surface area contributed by atoms with E-state index in [0.29, 0.717) is 23.5 Å². The second-order valence-electron chi connectivity index (χ2n) is 7.35. The second-order valence-corrected chi connectivity index (χ2v) is 7.35. The van der Waals surface area contributed by atoms with E-state index in [9.17, 15) is 19.7 Å². The minimum Gasteiger partial charge on any atom is -0.466 e. The highest BCUT2D eigenvalue weighted by atomic mass is 35.5. The van der Waals surface area contributed by atoms with E-state index in [1.807, 2.05) is 0 Å². The molecule has 0 aliphatic carbocycles. The smallest absolute Gasteiger partial charge is 0.337 e. The molecule has 9 nitrogen and oxygen atoms in total. The van der Waals surface area contributed by atoms with Crippen molar-refractivity contribution >= 4 is 30.0 Å². The Morgan fingerprint density at radius 1 is 1.16 bits per heavy atom. The highest BCUT2D eigenvalue weighted by Crippen LogP contribution is 2.40. The molecule has 0 radical (unpaired) electrons. The van der Waals surface area contributed by atoms with Crippen LogP contribution in [0.25, 0.3) is 0 Å². The van der Waals surface area contributed by atoms with Gasteiger partial charge < -0.3 is 20.1 Å². The lowest BCUT2D eigenvalue weighted by Gasteiger charge is -2.31. The van der Waals surface area contributed by atoms with E-state index in [0.717, 1.165) is 19.4 Å². The monoisotopic (exact) mass is 451 g/mol. The van der Waals surface area contributed by atoms with Gasteiger partial charge in [-0.3, -0.25) is 10.1 Å². The van der Waals surface area contributed by atoms with Crippen LogP contribution in [0.3, 0.4) is 0 Å². The summed E-state index contributed by atoms with van der Waals surface area (Å²) in [6.07, 6.45) is 1.37. The number of carbonyl (C=O) groups excluding carboxylic acids is 2. The first-order valence-corrected chi connectivity index (χ1v) is 9.76. The molecule has 2 heterocycles. The molecule has 10 heteroatoms. The Labute approximate surface area is 186 Å². The summed E-state index contributed by atoms with van der Waals surface area (Å²) in [6, 6.07) is 5.92. The van der Waals surface area contributed by atoms with E-state index in [-0.39, 0.29) is 35.3 Å². The van der Waals surface area contributed by atoms with Gasteiger partial charge in [0.05, 0.1) is 29.1 Å². The normalized spacial score (nSPS) is 21.0. The summed E-state index contributed by atoms with van der Waals surface area (Å²) < 4.78 is 10.7. The van der Waals surface area contributed by atoms with Gasteiger partial charge in [-0.25, -0.2) is 9.59 Å². The maximum absolute atomic E-state index is 13.2. The third-order valence-corrected chi connectivity index (χ3v) is 5.33. The predicted molar refractivity (Wildman–Crippen MR) is 116 cm³/mol. The molecule has 0 spiro atoms. The maximum atomic E-state index is 13.2. The molecule has 3 rings (SSSR count). The number of halogens is 1. The van der Waals surface area contributed by atoms with E-state index < -0.39 is 22.8 Å².